The van der Waals surface area contributed by atoms with E-state index in [2.05, 4.69) is 41.6 Å². The predicted molar refractivity (Wildman–Crippen MR) is 102 cm³/mol. The molecule has 0 saturated heterocycles. The molecule has 4 heterocycles. The van der Waals surface area contributed by atoms with E-state index in [4.69, 9.17) is 4.52 Å². The minimum Gasteiger partial charge on any atom is -0.359 e. The van der Waals surface area contributed by atoms with Crippen molar-refractivity contribution in [1.82, 2.24) is 29.5 Å². The minimum atomic E-state index is -0.362. The summed E-state index contributed by atoms with van der Waals surface area (Å²) in [4.78, 5) is 16.9. The van der Waals surface area contributed by atoms with Gasteiger partial charge in [-0.3, -0.25) is 9.48 Å². The van der Waals surface area contributed by atoms with E-state index in [1.807, 2.05) is 23.9 Å². The fraction of sp³-hybridized carbons (Fsp3) is 0.235. The summed E-state index contributed by atoms with van der Waals surface area (Å²) in [6.07, 6.45) is 3.57. The zero-order valence-corrected chi connectivity index (χ0v) is 16.5. The van der Waals surface area contributed by atoms with Gasteiger partial charge in [-0.2, -0.15) is 10.2 Å². The van der Waals surface area contributed by atoms with E-state index in [0.29, 0.717) is 22.8 Å². The first-order valence-electron chi connectivity index (χ1n) is 8.30. The van der Waals surface area contributed by atoms with Crippen molar-refractivity contribution in [3.8, 4) is 11.4 Å². The first-order valence-corrected chi connectivity index (χ1v) is 9.09. The maximum Gasteiger partial charge on any atom is 0.276 e. The molecule has 1 amide bonds. The second kappa shape index (κ2) is 6.62. The molecule has 9 nitrogen and oxygen atoms in total. The number of carbonyl (C=O) groups excluding carboxylic acids is 1. The molecule has 27 heavy (non-hydrogen) atoms. The Hall–Kier alpha value is -3.01. The third-order valence-corrected chi connectivity index (χ3v) is 4.73. The van der Waals surface area contributed by atoms with Crippen molar-refractivity contribution in [3.05, 3.63) is 46.1 Å². The summed E-state index contributed by atoms with van der Waals surface area (Å²) in [5.74, 6) is 0.177. The lowest BCUT2D eigenvalue weighted by molar-refractivity contribution is 0.102. The van der Waals surface area contributed by atoms with Gasteiger partial charge in [-0.15, -0.1) is 0 Å². The van der Waals surface area contributed by atoms with Crippen molar-refractivity contribution in [2.45, 2.75) is 27.3 Å². The molecular formula is C17H16BrN7O2. The van der Waals surface area contributed by atoms with E-state index in [-0.39, 0.29) is 11.6 Å². The smallest absolute Gasteiger partial charge is 0.276 e. The highest BCUT2D eigenvalue weighted by Gasteiger charge is 2.19. The molecule has 0 atom stereocenters. The molecule has 1 N–H and O–H groups in total. The number of nitrogens with zero attached hydrogens (tertiary/aromatic N) is 6. The van der Waals surface area contributed by atoms with Crippen molar-refractivity contribution >= 4 is 33.2 Å². The van der Waals surface area contributed by atoms with Gasteiger partial charge in [0.25, 0.3) is 5.91 Å². The van der Waals surface area contributed by atoms with Crippen molar-refractivity contribution in [1.29, 1.82) is 0 Å². The second-order valence-electron chi connectivity index (χ2n) is 5.96. The van der Waals surface area contributed by atoms with Crippen LogP contribution >= 0.6 is 15.9 Å². The van der Waals surface area contributed by atoms with Crippen molar-refractivity contribution in [2.75, 3.05) is 5.32 Å². The summed E-state index contributed by atoms with van der Waals surface area (Å²) < 4.78 is 9.34. The summed E-state index contributed by atoms with van der Waals surface area (Å²) in [5, 5.41) is 15.6. The Kier molecular flexibility index (Phi) is 4.27. The standard InChI is InChI=1S/C17H16BrN7O2/c1-4-24-8-11(18)16(22-24)13-5-6-19-14-7-12(21-25(13)14)17(26)20-15-9(2)23-27-10(15)3/h5-8H,4H2,1-3H3,(H,20,26). The first-order chi connectivity index (χ1) is 13.0. The van der Waals surface area contributed by atoms with E-state index in [9.17, 15) is 4.79 Å². The van der Waals surface area contributed by atoms with Gasteiger partial charge in [-0.05, 0) is 42.8 Å². The van der Waals surface area contributed by atoms with Crippen molar-refractivity contribution in [3.63, 3.8) is 0 Å². The fourth-order valence-corrected chi connectivity index (χ4v) is 3.28. The third-order valence-electron chi connectivity index (χ3n) is 4.15. The summed E-state index contributed by atoms with van der Waals surface area (Å²) in [6, 6.07) is 3.44. The normalized spacial score (nSPS) is 11.3. The molecule has 4 rings (SSSR count). The minimum absolute atomic E-state index is 0.237. The molecule has 0 unspecified atom stereocenters. The van der Waals surface area contributed by atoms with Crippen molar-refractivity contribution < 1.29 is 9.32 Å². The van der Waals surface area contributed by atoms with Gasteiger partial charge in [0.1, 0.15) is 17.1 Å². The van der Waals surface area contributed by atoms with Gasteiger partial charge in [0.2, 0.25) is 0 Å². The number of rotatable bonds is 4. The Labute approximate surface area is 162 Å². The Morgan fingerprint density at radius 1 is 1.33 bits per heavy atom. The van der Waals surface area contributed by atoms with Gasteiger partial charge in [0, 0.05) is 25.0 Å². The molecule has 0 saturated carbocycles. The molecule has 0 aliphatic heterocycles. The van der Waals surface area contributed by atoms with Gasteiger partial charge >= 0.3 is 0 Å². The van der Waals surface area contributed by atoms with E-state index >= 15 is 0 Å². The fourth-order valence-electron chi connectivity index (χ4n) is 2.76. The van der Waals surface area contributed by atoms with Gasteiger partial charge < -0.3 is 9.84 Å². The third kappa shape index (κ3) is 3.01. The Balaban J connectivity index is 1.74. The molecule has 0 aliphatic carbocycles. The number of hydrogen-bond acceptors (Lipinski definition) is 6. The zero-order chi connectivity index (χ0) is 19.1. The Bertz CT molecular complexity index is 1140. The van der Waals surface area contributed by atoms with Crippen LogP contribution in [0.5, 0.6) is 0 Å². The van der Waals surface area contributed by atoms with Crippen LogP contribution in [0.4, 0.5) is 5.69 Å². The summed E-state index contributed by atoms with van der Waals surface area (Å²) in [5.41, 5.74) is 3.41. The summed E-state index contributed by atoms with van der Waals surface area (Å²) >= 11 is 3.53. The average molecular weight is 430 g/mol. The summed E-state index contributed by atoms with van der Waals surface area (Å²) in [7, 11) is 0. The average Bonchev–Trinajstić information content (AvgIpc) is 3.34. The number of aromatic nitrogens is 6. The molecule has 0 spiro atoms. The van der Waals surface area contributed by atoms with Crippen LogP contribution in [-0.4, -0.2) is 35.4 Å². The van der Waals surface area contributed by atoms with E-state index < -0.39 is 0 Å². The lowest BCUT2D eigenvalue weighted by atomic mass is 10.3. The molecule has 4 aromatic heterocycles. The van der Waals surface area contributed by atoms with Crippen LogP contribution in [0.3, 0.4) is 0 Å². The van der Waals surface area contributed by atoms with Gasteiger partial charge in [-0.25, -0.2) is 9.50 Å². The molecule has 0 bridgehead atoms. The molecule has 0 fully saturated rings. The molecule has 0 radical (unpaired) electrons. The number of anilines is 1. The van der Waals surface area contributed by atoms with Gasteiger partial charge in [-0.1, -0.05) is 5.16 Å². The molecule has 4 aromatic rings. The van der Waals surface area contributed by atoms with Crippen LogP contribution in [0.1, 0.15) is 28.9 Å². The SMILES string of the molecule is CCn1cc(Br)c(-c2ccnc3cc(C(=O)Nc4c(C)noc4C)nn23)n1. The summed E-state index contributed by atoms with van der Waals surface area (Å²) in [6.45, 7) is 6.25. The topological polar surface area (TPSA) is 103 Å². The van der Waals surface area contributed by atoms with E-state index in [1.54, 1.807) is 30.6 Å². The second-order valence-corrected chi connectivity index (χ2v) is 6.82. The van der Waals surface area contributed by atoms with Crippen LogP contribution in [-0.2, 0) is 6.54 Å². The van der Waals surface area contributed by atoms with E-state index in [1.165, 1.54) is 0 Å². The molecule has 0 aromatic carbocycles. The highest BCUT2D eigenvalue weighted by Crippen LogP contribution is 2.27. The van der Waals surface area contributed by atoms with Crippen LogP contribution < -0.4 is 5.32 Å². The van der Waals surface area contributed by atoms with Crippen LogP contribution in [0.25, 0.3) is 17.0 Å². The first kappa shape index (κ1) is 17.4. The number of carbonyl (C=O) groups is 1. The van der Waals surface area contributed by atoms with Crippen LogP contribution in [0.2, 0.25) is 0 Å². The molecule has 10 heteroatoms. The van der Waals surface area contributed by atoms with Gasteiger partial charge in [0.05, 0.1) is 10.2 Å². The Morgan fingerprint density at radius 3 is 2.81 bits per heavy atom. The highest BCUT2D eigenvalue weighted by molar-refractivity contribution is 9.10. The maximum atomic E-state index is 12.6. The highest BCUT2D eigenvalue weighted by atomic mass is 79.9. The number of hydrogen-bond donors (Lipinski definition) is 1. The monoisotopic (exact) mass is 429 g/mol. The zero-order valence-electron chi connectivity index (χ0n) is 14.9. The predicted octanol–water partition coefficient (Wildman–Crippen LogP) is 3.23. The molecule has 0 aliphatic rings. The van der Waals surface area contributed by atoms with Crippen LogP contribution in [0.15, 0.2) is 33.5 Å². The van der Waals surface area contributed by atoms with E-state index in [0.717, 1.165) is 22.4 Å². The van der Waals surface area contributed by atoms with Crippen molar-refractivity contribution in [2.24, 2.45) is 0 Å². The quantitative estimate of drug-likeness (QED) is 0.533. The lowest BCUT2D eigenvalue weighted by Gasteiger charge is -2.02. The Morgan fingerprint density at radius 2 is 2.15 bits per heavy atom. The number of halogens is 1. The number of fused-ring (bicyclic) bond motifs is 1. The number of amides is 1. The lowest BCUT2D eigenvalue weighted by Crippen LogP contribution is -2.13. The largest absolute Gasteiger partial charge is 0.359 e. The molecular weight excluding hydrogens is 414 g/mol. The molecule has 138 valence electrons. The van der Waals surface area contributed by atoms with Gasteiger partial charge in [0.15, 0.2) is 17.1 Å². The van der Waals surface area contributed by atoms with Crippen LogP contribution in [0, 0.1) is 13.8 Å². The number of aryl methyl sites for hydroxylation is 3. The maximum absolute atomic E-state index is 12.6. The number of nitrogens with one attached hydrogen (secondary N) is 1.